The molecule has 0 radical (unpaired) electrons. The zero-order valence-corrected chi connectivity index (χ0v) is 18.7. The molecule has 1 heterocycles. The largest absolute Gasteiger partial charge is 0.303 e. The minimum Gasteiger partial charge on any atom is -0.303 e. The molecule has 0 aromatic heterocycles. The average Bonchev–Trinajstić information content (AvgIpc) is 2.65. The lowest BCUT2D eigenvalue weighted by atomic mass is 9.85. The van der Waals surface area contributed by atoms with E-state index in [0.29, 0.717) is 0 Å². The summed E-state index contributed by atoms with van der Waals surface area (Å²) < 4.78 is 0. The van der Waals surface area contributed by atoms with Gasteiger partial charge >= 0.3 is 0 Å². The first kappa shape index (κ1) is 22.5. The van der Waals surface area contributed by atoms with Gasteiger partial charge in [-0.15, -0.1) is 0 Å². The SMILES string of the molecule is CCCCCCCCC(Cc1ccc(C(C)(C)C)cc1)CN1CCCCC1. The van der Waals surface area contributed by atoms with Crippen molar-refractivity contribution in [3.63, 3.8) is 0 Å². The van der Waals surface area contributed by atoms with Crippen LogP contribution in [-0.4, -0.2) is 24.5 Å². The fourth-order valence-electron chi connectivity index (χ4n) is 4.45. The van der Waals surface area contributed by atoms with Crippen molar-refractivity contribution < 1.29 is 0 Å². The van der Waals surface area contributed by atoms with Crippen LogP contribution < -0.4 is 0 Å². The third kappa shape index (κ3) is 8.81. The molecule has 0 saturated carbocycles. The highest BCUT2D eigenvalue weighted by Crippen LogP contribution is 2.25. The van der Waals surface area contributed by atoms with Crippen molar-refractivity contribution in [2.75, 3.05) is 19.6 Å². The molecule has 2 rings (SSSR count). The van der Waals surface area contributed by atoms with Crippen molar-refractivity contribution in [2.24, 2.45) is 5.92 Å². The number of likely N-dealkylation sites (tertiary alicyclic amines) is 1. The molecule has 0 aliphatic carbocycles. The average molecular weight is 372 g/mol. The first-order valence-corrected chi connectivity index (χ1v) is 11.8. The minimum absolute atomic E-state index is 0.254. The lowest BCUT2D eigenvalue weighted by molar-refractivity contribution is 0.188. The van der Waals surface area contributed by atoms with Gasteiger partial charge < -0.3 is 4.90 Å². The molecule has 27 heavy (non-hydrogen) atoms. The molecule has 0 bridgehead atoms. The molecule has 1 heteroatoms. The molecule has 0 amide bonds. The minimum atomic E-state index is 0.254. The Morgan fingerprint density at radius 2 is 1.48 bits per heavy atom. The highest BCUT2D eigenvalue weighted by atomic mass is 15.1. The highest BCUT2D eigenvalue weighted by Gasteiger charge is 2.18. The molecule has 0 N–H and O–H groups in total. The molecule has 1 unspecified atom stereocenters. The fourth-order valence-corrected chi connectivity index (χ4v) is 4.45. The molecule has 1 aliphatic heterocycles. The Labute approximate surface area is 169 Å². The smallest absolute Gasteiger partial charge is 0.00128 e. The van der Waals surface area contributed by atoms with Crippen molar-refractivity contribution in [1.82, 2.24) is 4.90 Å². The van der Waals surface area contributed by atoms with Crippen LogP contribution in [0.4, 0.5) is 0 Å². The maximum Gasteiger partial charge on any atom is 0.00128 e. The van der Waals surface area contributed by atoms with E-state index in [0.717, 1.165) is 5.92 Å². The predicted octanol–water partition coefficient (Wildman–Crippen LogP) is 7.38. The van der Waals surface area contributed by atoms with Crippen LogP contribution in [0.2, 0.25) is 0 Å². The van der Waals surface area contributed by atoms with E-state index >= 15 is 0 Å². The van der Waals surface area contributed by atoms with Gasteiger partial charge in [0.1, 0.15) is 0 Å². The van der Waals surface area contributed by atoms with E-state index in [-0.39, 0.29) is 5.41 Å². The molecule has 1 aliphatic rings. The maximum absolute atomic E-state index is 2.74. The molecule has 1 nitrogen and oxygen atoms in total. The van der Waals surface area contributed by atoms with Crippen LogP contribution in [0.25, 0.3) is 0 Å². The Balaban J connectivity index is 1.87. The summed E-state index contributed by atoms with van der Waals surface area (Å²) in [6.07, 6.45) is 15.4. The molecule has 1 aromatic carbocycles. The zero-order valence-electron chi connectivity index (χ0n) is 18.7. The van der Waals surface area contributed by atoms with Crippen LogP contribution in [0.1, 0.15) is 103 Å². The van der Waals surface area contributed by atoms with Gasteiger partial charge in [-0.1, -0.05) is 96.9 Å². The first-order valence-electron chi connectivity index (χ1n) is 11.8. The second kappa shape index (κ2) is 11.9. The Kier molecular flexibility index (Phi) is 9.90. The third-order valence-corrected chi connectivity index (χ3v) is 6.28. The molecule has 1 atom stereocenters. The molecule has 154 valence electrons. The van der Waals surface area contributed by atoms with Crippen LogP contribution in [0, 0.1) is 5.92 Å². The monoisotopic (exact) mass is 371 g/mol. The Bertz CT molecular complexity index is 490. The Morgan fingerprint density at radius 3 is 2.11 bits per heavy atom. The van der Waals surface area contributed by atoms with Crippen LogP contribution in [0.3, 0.4) is 0 Å². The number of benzene rings is 1. The standard InChI is InChI=1S/C26H45N/c1-5-6-7-8-9-11-14-24(22-27-19-12-10-13-20-27)21-23-15-17-25(18-16-23)26(2,3)4/h15-18,24H,5-14,19-22H2,1-4H3. The van der Waals surface area contributed by atoms with Crippen molar-refractivity contribution >= 4 is 0 Å². The number of nitrogens with zero attached hydrogens (tertiary/aromatic N) is 1. The normalized spacial score (nSPS) is 17.2. The summed E-state index contributed by atoms with van der Waals surface area (Å²) in [7, 11) is 0. The highest BCUT2D eigenvalue weighted by molar-refractivity contribution is 5.27. The maximum atomic E-state index is 2.74. The van der Waals surface area contributed by atoms with Crippen LogP contribution in [0.5, 0.6) is 0 Å². The molecule has 1 saturated heterocycles. The molecular weight excluding hydrogens is 326 g/mol. The lowest BCUT2D eigenvalue weighted by Gasteiger charge is -2.31. The summed E-state index contributed by atoms with van der Waals surface area (Å²) in [5, 5.41) is 0. The van der Waals surface area contributed by atoms with E-state index in [2.05, 4.69) is 56.9 Å². The second-order valence-electron chi connectivity index (χ2n) is 9.93. The van der Waals surface area contributed by atoms with Gasteiger partial charge in [0, 0.05) is 6.54 Å². The van der Waals surface area contributed by atoms with E-state index < -0.39 is 0 Å². The number of unbranched alkanes of at least 4 members (excludes halogenated alkanes) is 5. The summed E-state index contributed by atoms with van der Waals surface area (Å²) in [5.41, 5.74) is 3.25. The summed E-state index contributed by atoms with van der Waals surface area (Å²) in [4.78, 5) is 2.74. The van der Waals surface area contributed by atoms with E-state index in [4.69, 9.17) is 0 Å². The van der Waals surface area contributed by atoms with Crippen molar-refractivity contribution in [2.45, 2.75) is 104 Å². The predicted molar refractivity (Wildman–Crippen MR) is 121 cm³/mol. The van der Waals surface area contributed by atoms with Crippen LogP contribution in [-0.2, 0) is 11.8 Å². The van der Waals surface area contributed by atoms with Crippen LogP contribution >= 0.6 is 0 Å². The van der Waals surface area contributed by atoms with Crippen molar-refractivity contribution in [3.8, 4) is 0 Å². The third-order valence-electron chi connectivity index (χ3n) is 6.28. The molecular formula is C26H45N. The second-order valence-corrected chi connectivity index (χ2v) is 9.93. The molecule has 1 aromatic rings. The van der Waals surface area contributed by atoms with Gasteiger partial charge in [0.05, 0.1) is 0 Å². The fraction of sp³-hybridized carbons (Fsp3) is 0.769. The van der Waals surface area contributed by atoms with Crippen molar-refractivity contribution in [1.29, 1.82) is 0 Å². The number of hydrogen-bond donors (Lipinski definition) is 0. The lowest BCUT2D eigenvalue weighted by Crippen LogP contribution is -2.34. The van der Waals surface area contributed by atoms with Crippen LogP contribution in [0.15, 0.2) is 24.3 Å². The van der Waals surface area contributed by atoms with E-state index in [9.17, 15) is 0 Å². The number of hydrogen-bond acceptors (Lipinski definition) is 1. The van der Waals surface area contributed by atoms with Gasteiger partial charge in [-0.05, 0) is 61.2 Å². The summed E-state index contributed by atoms with van der Waals surface area (Å²) in [5.74, 6) is 0.828. The summed E-state index contributed by atoms with van der Waals surface area (Å²) in [6.45, 7) is 13.2. The Morgan fingerprint density at radius 1 is 0.852 bits per heavy atom. The number of piperidine rings is 1. The zero-order chi connectivity index (χ0) is 19.5. The van der Waals surface area contributed by atoms with Gasteiger partial charge in [-0.3, -0.25) is 0 Å². The van der Waals surface area contributed by atoms with E-state index in [1.807, 2.05) is 0 Å². The number of rotatable bonds is 11. The van der Waals surface area contributed by atoms with Gasteiger partial charge in [0.2, 0.25) is 0 Å². The molecule has 1 fully saturated rings. The topological polar surface area (TPSA) is 3.24 Å². The van der Waals surface area contributed by atoms with Gasteiger partial charge in [-0.25, -0.2) is 0 Å². The summed E-state index contributed by atoms with van der Waals surface area (Å²) in [6, 6.07) is 9.51. The Hall–Kier alpha value is -0.820. The van der Waals surface area contributed by atoms with E-state index in [1.54, 1.807) is 0 Å². The van der Waals surface area contributed by atoms with Gasteiger partial charge in [0.15, 0.2) is 0 Å². The first-order chi connectivity index (χ1) is 13.0. The van der Waals surface area contributed by atoms with Crippen molar-refractivity contribution in [3.05, 3.63) is 35.4 Å². The summed E-state index contributed by atoms with van der Waals surface area (Å²) >= 11 is 0. The van der Waals surface area contributed by atoms with E-state index in [1.165, 1.54) is 101 Å². The van der Waals surface area contributed by atoms with Gasteiger partial charge in [0.25, 0.3) is 0 Å². The van der Waals surface area contributed by atoms with Gasteiger partial charge in [-0.2, -0.15) is 0 Å². The molecule has 0 spiro atoms. The quantitative estimate of drug-likeness (QED) is 0.367.